The van der Waals surface area contributed by atoms with E-state index in [-0.39, 0.29) is 11.7 Å². The zero-order valence-electron chi connectivity index (χ0n) is 6.92. The number of rotatable bonds is 0. The van der Waals surface area contributed by atoms with Crippen molar-refractivity contribution in [3.8, 4) is 0 Å². The fourth-order valence-corrected chi connectivity index (χ4v) is 1.98. The highest BCUT2D eigenvalue weighted by Gasteiger charge is 2.33. The van der Waals surface area contributed by atoms with Crippen LogP contribution in [0.5, 0.6) is 0 Å². The Morgan fingerprint density at radius 1 is 1.38 bits per heavy atom. The van der Waals surface area contributed by atoms with E-state index in [4.69, 9.17) is 0 Å². The van der Waals surface area contributed by atoms with Gasteiger partial charge in [-0.1, -0.05) is 6.08 Å². The van der Waals surface area contributed by atoms with Crippen LogP contribution in [0, 0.1) is 5.92 Å². The monoisotopic (exact) mass is 175 g/mol. The molecule has 1 unspecified atom stereocenters. The van der Waals surface area contributed by atoms with Crippen LogP contribution in [0.3, 0.4) is 0 Å². The van der Waals surface area contributed by atoms with Gasteiger partial charge in [-0.2, -0.15) is 0 Å². The predicted octanol–water partition coefficient (Wildman–Crippen LogP) is -0.104. The first-order chi connectivity index (χ1) is 6.36. The van der Waals surface area contributed by atoms with Crippen molar-refractivity contribution in [2.24, 2.45) is 5.92 Å². The maximum atomic E-state index is 11.5. The van der Waals surface area contributed by atoms with Crippen LogP contribution < -0.4 is 16.4 Å². The molecule has 0 aromatic carbocycles. The summed E-state index contributed by atoms with van der Waals surface area (Å²) in [7, 11) is 0. The van der Waals surface area contributed by atoms with Gasteiger partial charge in [0, 0.05) is 0 Å². The van der Waals surface area contributed by atoms with Gasteiger partial charge in [-0.15, -0.1) is 5.53 Å². The third kappa shape index (κ3) is 0.805. The van der Waals surface area contributed by atoms with Crippen LogP contribution in [-0.4, -0.2) is 5.78 Å². The minimum Gasteiger partial charge on any atom is -0.302 e. The number of carbonyl (C=O) groups is 1. The molecule has 1 aliphatic heterocycles. The zero-order valence-corrected chi connectivity index (χ0v) is 6.92. The number of hydrazine groups is 2. The second kappa shape index (κ2) is 2.23. The summed E-state index contributed by atoms with van der Waals surface area (Å²) >= 11 is 0. The van der Waals surface area contributed by atoms with Crippen LogP contribution in [0.4, 0.5) is 0 Å². The van der Waals surface area contributed by atoms with Gasteiger partial charge in [-0.25, -0.2) is 0 Å². The highest BCUT2D eigenvalue weighted by molar-refractivity contribution is 5.97. The van der Waals surface area contributed by atoms with Crippen molar-refractivity contribution in [2.45, 2.75) is 6.42 Å². The van der Waals surface area contributed by atoms with E-state index < -0.39 is 0 Å². The van der Waals surface area contributed by atoms with E-state index in [9.17, 15) is 4.79 Å². The minimum absolute atomic E-state index is 0.0305. The molecule has 0 bridgehead atoms. The first kappa shape index (κ1) is 6.91. The summed E-state index contributed by atoms with van der Waals surface area (Å²) in [5.74, 6) is 0.149. The molecule has 4 heteroatoms. The average Bonchev–Trinajstić information content (AvgIpc) is 2.65. The maximum absolute atomic E-state index is 11.5. The Balaban J connectivity index is 2.12. The van der Waals surface area contributed by atoms with E-state index in [1.807, 2.05) is 12.2 Å². The molecule has 4 nitrogen and oxygen atoms in total. The lowest BCUT2D eigenvalue weighted by Gasteiger charge is -2.14. The second-order valence-corrected chi connectivity index (χ2v) is 3.34. The highest BCUT2D eigenvalue weighted by Crippen LogP contribution is 2.34. The lowest BCUT2D eigenvalue weighted by atomic mass is 9.90. The molecular weight excluding hydrogens is 166 g/mol. The maximum Gasteiger partial charge on any atom is 0.166 e. The van der Waals surface area contributed by atoms with Crippen molar-refractivity contribution >= 4 is 5.78 Å². The molecule has 1 saturated heterocycles. The molecule has 3 aliphatic rings. The van der Waals surface area contributed by atoms with Crippen molar-refractivity contribution in [3.05, 3.63) is 35.2 Å². The Morgan fingerprint density at radius 3 is 3.23 bits per heavy atom. The van der Waals surface area contributed by atoms with Gasteiger partial charge in [0.2, 0.25) is 0 Å². The smallest absolute Gasteiger partial charge is 0.166 e. The molecule has 0 aromatic rings. The van der Waals surface area contributed by atoms with E-state index in [1.165, 1.54) is 5.57 Å². The SMILES string of the molecule is O=C1C=CCC2=C3NNNC3=CC12. The summed E-state index contributed by atoms with van der Waals surface area (Å²) in [6.07, 6.45) is 6.41. The predicted molar refractivity (Wildman–Crippen MR) is 46.8 cm³/mol. The molecule has 66 valence electrons. The Bertz CT molecular complexity index is 378. The standard InChI is InChI=1S/C9H9N3O/c13-8-3-1-2-5-6(8)4-7-9(5)11-12-10-7/h1,3-4,6,10-12H,2H2. The summed E-state index contributed by atoms with van der Waals surface area (Å²) in [6, 6.07) is 0. The van der Waals surface area contributed by atoms with Gasteiger partial charge < -0.3 is 10.9 Å². The van der Waals surface area contributed by atoms with E-state index in [1.54, 1.807) is 6.08 Å². The number of allylic oxidation sites excluding steroid dienone is 4. The van der Waals surface area contributed by atoms with Crippen molar-refractivity contribution < 1.29 is 4.79 Å². The van der Waals surface area contributed by atoms with Crippen LogP contribution in [0.2, 0.25) is 0 Å². The Labute approximate surface area is 75.3 Å². The van der Waals surface area contributed by atoms with Crippen molar-refractivity contribution in [1.82, 2.24) is 16.4 Å². The molecule has 13 heavy (non-hydrogen) atoms. The van der Waals surface area contributed by atoms with Gasteiger partial charge in [-0.3, -0.25) is 4.79 Å². The Kier molecular flexibility index (Phi) is 1.19. The topological polar surface area (TPSA) is 53.2 Å². The number of carbonyl (C=O) groups excluding carboxylic acids is 1. The number of nitrogens with one attached hydrogen (secondary N) is 3. The lowest BCUT2D eigenvalue weighted by molar-refractivity contribution is -0.116. The molecule has 0 aromatic heterocycles. The summed E-state index contributed by atoms with van der Waals surface area (Å²) in [5, 5.41) is 0. The van der Waals surface area contributed by atoms with Gasteiger partial charge in [0.15, 0.2) is 5.78 Å². The zero-order chi connectivity index (χ0) is 8.84. The van der Waals surface area contributed by atoms with Crippen molar-refractivity contribution in [1.29, 1.82) is 0 Å². The molecule has 0 saturated carbocycles. The molecule has 1 heterocycles. The van der Waals surface area contributed by atoms with Gasteiger partial charge in [0.1, 0.15) is 0 Å². The minimum atomic E-state index is -0.0305. The third-order valence-corrected chi connectivity index (χ3v) is 2.61. The van der Waals surface area contributed by atoms with Crippen LogP contribution in [0.15, 0.2) is 35.2 Å². The van der Waals surface area contributed by atoms with E-state index in [0.717, 1.165) is 17.8 Å². The molecular formula is C9H9N3O. The lowest BCUT2D eigenvalue weighted by Crippen LogP contribution is -2.31. The Morgan fingerprint density at radius 2 is 2.31 bits per heavy atom. The highest BCUT2D eigenvalue weighted by atomic mass is 16.1. The van der Waals surface area contributed by atoms with Crippen LogP contribution in [-0.2, 0) is 4.79 Å². The van der Waals surface area contributed by atoms with E-state index >= 15 is 0 Å². The molecule has 1 fully saturated rings. The molecule has 1 atom stereocenters. The quantitative estimate of drug-likeness (QED) is 0.481. The van der Waals surface area contributed by atoms with Crippen molar-refractivity contribution in [3.63, 3.8) is 0 Å². The fourth-order valence-electron chi connectivity index (χ4n) is 1.98. The van der Waals surface area contributed by atoms with Crippen LogP contribution in [0.25, 0.3) is 0 Å². The van der Waals surface area contributed by atoms with Gasteiger partial charge in [0.05, 0.1) is 17.3 Å². The van der Waals surface area contributed by atoms with Crippen LogP contribution >= 0.6 is 0 Å². The average molecular weight is 175 g/mol. The molecule has 3 rings (SSSR count). The number of hydrogen-bond acceptors (Lipinski definition) is 4. The second-order valence-electron chi connectivity index (χ2n) is 3.34. The number of ketones is 1. The molecule has 3 N–H and O–H groups in total. The summed E-state index contributed by atoms with van der Waals surface area (Å²) < 4.78 is 0. The van der Waals surface area contributed by atoms with Gasteiger partial charge in [0.25, 0.3) is 0 Å². The van der Waals surface area contributed by atoms with Crippen molar-refractivity contribution in [2.75, 3.05) is 0 Å². The fraction of sp³-hybridized carbons (Fsp3) is 0.222. The normalized spacial score (nSPS) is 29.4. The first-order valence-electron chi connectivity index (χ1n) is 4.29. The largest absolute Gasteiger partial charge is 0.302 e. The van der Waals surface area contributed by atoms with E-state index in [2.05, 4.69) is 16.4 Å². The van der Waals surface area contributed by atoms with E-state index in [0.29, 0.717) is 0 Å². The van der Waals surface area contributed by atoms with Gasteiger partial charge in [-0.05, 0) is 24.1 Å². The summed E-state index contributed by atoms with van der Waals surface area (Å²) in [5.41, 5.74) is 12.0. The molecule has 0 spiro atoms. The molecule has 2 aliphatic carbocycles. The first-order valence-corrected chi connectivity index (χ1v) is 4.29. The molecule has 0 amide bonds. The number of fused-ring (bicyclic) bond motifs is 2. The third-order valence-electron chi connectivity index (χ3n) is 2.61. The molecule has 0 radical (unpaired) electrons. The summed E-state index contributed by atoms with van der Waals surface area (Å²) in [6.45, 7) is 0. The Hall–Kier alpha value is -1.55. The summed E-state index contributed by atoms with van der Waals surface area (Å²) in [4.78, 5) is 11.5. The number of hydrogen-bond donors (Lipinski definition) is 3. The van der Waals surface area contributed by atoms with Gasteiger partial charge >= 0.3 is 0 Å². The van der Waals surface area contributed by atoms with Crippen LogP contribution in [0.1, 0.15) is 6.42 Å².